The molecule has 3 rings (SSSR count). The highest BCUT2D eigenvalue weighted by Crippen LogP contribution is 2.23. The van der Waals surface area contributed by atoms with Crippen LogP contribution < -0.4 is 10.1 Å². The third-order valence-corrected chi connectivity index (χ3v) is 4.30. The number of likely N-dealkylation sites (N-methyl/N-ethyl adjacent to an activating group) is 1. The number of hydrogen-bond acceptors (Lipinski definition) is 3. The molecule has 0 aliphatic carbocycles. The summed E-state index contributed by atoms with van der Waals surface area (Å²) in [5.41, 5.74) is 3.62. The minimum atomic E-state index is -0.110. The van der Waals surface area contributed by atoms with Crippen molar-refractivity contribution < 1.29 is 9.53 Å². The summed E-state index contributed by atoms with van der Waals surface area (Å²) in [5.74, 6) is 0.618. The molecular weight excluding hydrogens is 332 g/mol. The number of para-hydroxylation sites is 1. The molecule has 0 spiro atoms. The molecule has 2 aromatic carbocycles. The fourth-order valence-corrected chi connectivity index (χ4v) is 3.03. The number of nitrogens with zero attached hydrogens (tertiary/aromatic N) is 1. The van der Waals surface area contributed by atoms with E-state index < -0.39 is 0 Å². The third kappa shape index (κ3) is 3.88. The van der Waals surface area contributed by atoms with E-state index in [-0.39, 0.29) is 5.91 Å². The lowest BCUT2D eigenvalue weighted by Gasteiger charge is -2.10. The number of hydrogen-bond donors (Lipinski definition) is 1. The van der Waals surface area contributed by atoms with Crippen molar-refractivity contribution in [2.24, 2.45) is 0 Å². The van der Waals surface area contributed by atoms with Gasteiger partial charge in [-0.2, -0.15) is 0 Å². The summed E-state index contributed by atoms with van der Waals surface area (Å²) in [6.07, 6.45) is 1.79. The van der Waals surface area contributed by atoms with Gasteiger partial charge in [-0.3, -0.25) is 9.69 Å². The number of carbonyl (C=O) groups is 1. The standard InChI is InChI=1S/C20H20N2O2S/c1-3-22-19(23)17(21-20(22)25)12-16-9-4-5-10-18(16)24-13-15-8-6-7-14(2)11-15/h4-12H,3,13H2,1-2H3,(H,21,25)/b17-12-. The fraction of sp³-hybridized carbons (Fsp3) is 0.200. The van der Waals surface area contributed by atoms with Crippen molar-refractivity contribution >= 4 is 29.3 Å². The molecule has 5 heteroatoms. The van der Waals surface area contributed by atoms with Crippen LogP contribution in [0.3, 0.4) is 0 Å². The van der Waals surface area contributed by atoms with E-state index in [1.165, 1.54) is 10.5 Å². The molecule has 1 fully saturated rings. The van der Waals surface area contributed by atoms with Crippen LogP contribution in [0, 0.1) is 6.92 Å². The maximum absolute atomic E-state index is 12.3. The average molecular weight is 352 g/mol. The van der Waals surface area contributed by atoms with Crippen LogP contribution in [0.15, 0.2) is 54.2 Å². The topological polar surface area (TPSA) is 41.6 Å². The Morgan fingerprint density at radius 1 is 1.20 bits per heavy atom. The van der Waals surface area contributed by atoms with Crippen molar-refractivity contribution in [1.82, 2.24) is 10.2 Å². The molecule has 1 aliphatic heterocycles. The van der Waals surface area contributed by atoms with Crippen molar-refractivity contribution in [2.75, 3.05) is 6.54 Å². The maximum atomic E-state index is 12.3. The van der Waals surface area contributed by atoms with Crippen LogP contribution in [0.25, 0.3) is 6.08 Å². The molecule has 1 amide bonds. The lowest BCUT2D eigenvalue weighted by atomic mass is 10.1. The zero-order chi connectivity index (χ0) is 17.8. The van der Waals surface area contributed by atoms with Crippen LogP contribution in [-0.4, -0.2) is 22.5 Å². The Balaban J connectivity index is 1.81. The molecule has 0 radical (unpaired) electrons. The number of carbonyl (C=O) groups excluding carboxylic acids is 1. The molecule has 0 bridgehead atoms. The van der Waals surface area contributed by atoms with E-state index in [1.54, 1.807) is 6.08 Å². The lowest BCUT2D eigenvalue weighted by Crippen LogP contribution is -2.30. The van der Waals surface area contributed by atoms with E-state index in [1.807, 2.05) is 43.3 Å². The van der Waals surface area contributed by atoms with Gasteiger partial charge >= 0.3 is 0 Å². The molecule has 4 nitrogen and oxygen atoms in total. The van der Waals surface area contributed by atoms with Crippen LogP contribution in [0.1, 0.15) is 23.6 Å². The molecule has 25 heavy (non-hydrogen) atoms. The summed E-state index contributed by atoms with van der Waals surface area (Å²) in [4.78, 5) is 13.9. The Labute approximate surface area is 153 Å². The van der Waals surface area contributed by atoms with Crippen molar-refractivity contribution in [3.8, 4) is 5.75 Å². The van der Waals surface area contributed by atoms with Gasteiger partial charge < -0.3 is 10.1 Å². The summed E-state index contributed by atoms with van der Waals surface area (Å²) in [5, 5.41) is 3.42. The number of nitrogens with one attached hydrogen (secondary N) is 1. The molecule has 128 valence electrons. The van der Waals surface area contributed by atoms with Crippen LogP contribution in [0.5, 0.6) is 5.75 Å². The Bertz CT molecular complexity index is 845. The molecule has 2 aromatic rings. The first-order chi connectivity index (χ1) is 12.1. The Morgan fingerprint density at radius 2 is 2.00 bits per heavy atom. The third-order valence-electron chi connectivity index (χ3n) is 3.97. The van der Waals surface area contributed by atoms with E-state index in [9.17, 15) is 4.79 Å². The van der Waals surface area contributed by atoms with Crippen molar-refractivity contribution in [3.05, 3.63) is 70.9 Å². The lowest BCUT2D eigenvalue weighted by molar-refractivity contribution is -0.122. The van der Waals surface area contributed by atoms with Gasteiger partial charge in [0.25, 0.3) is 5.91 Å². The second-order valence-electron chi connectivity index (χ2n) is 5.85. The second kappa shape index (κ2) is 7.49. The van der Waals surface area contributed by atoms with Crippen molar-refractivity contribution in [1.29, 1.82) is 0 Å². The molecule has 0 aromatic heterocycles. The predicted octanol–water partition coefficient (Wildman–Crippen LogP) is 3.65. The number of amides is 1. The monoisotopic (exact) mass is 352 g/mol. The second-order valence-corrected chi connectivity index (χ2v) is 6.24. The van der Waals surface area contributed by atoms with E-state index >= 15 is 0 Å². The first-order valence-corrected chi connectivity index (χ1v) is 8.61. The van der Waals surface area contributed by atoms with Gasteiger partial charge in [0, 0.05) is 12.1 Å². The minimum Gasteiger partial charge on any atom is -0.488 e. The molecule has 0 saturated carbocycles. The Morgan fingerprint density at radius 3 is 2.72 bits per heavy atom. The van der Waals surface area contributed by atoms with Crippen LogP contribution in [-0.2, 0) is 11.4 Å². The molecular formula is C20H20N2O2S. The summed E-state index contributed by atoms with van der Waals surface area (Å²) >= 11 is 5.19. The van der Waals surface area contributed by atoms with Gasteiger partial charge in [0.15, 0.2) is 5.11 Å². The first kappa shape index (κ1) is 17.2. The number of thiocarbonyl (C=S) groups is 1. The van der Waals surface area contributed by atoms with Gasteiger partial charge in [0.1, 0.15) is 18.1 Å². The largest absolute Gasteiger partial charge is 0.488 e. The van der Waals surface area contributed by atoms with Gasteiger partial charge in [-0.05, 0) is 43.8 Å². The summed E-state index contributed by atoms with van der Waals surface area (Å²) in [6.45, 7) is 4.98. The van der Waals surface area contributed by atoms with Gasteiger partial charge in [-0.25, -0.2) is 0 Å². The highest BCUT2D eigenvalue weighted by Gasteiger charge is 2.29. The molecule has 0 unspecified atom stereocenters. The summed E-state index contributed by atoms with van der Waals surface area (Å²) < 4.78 is 5.97. The number of benzene rings is 2. The van der Waals surface area contributed by atoms with Crippen LogP contribution in [0.2, 0.25) is 0 Å². The van der Waals surface area contributed by atoms with Gasteiger partial charge in [-0.1, -0.05) is 48.0 Å². The SMILES string of the molecule is CCN1C(=O)/C(=C/c2ccccc2OCc2cccc(C)c2)NC1=S. The summed E-state index contributed by atoms with van der Waals surface area (Å²) in [7, 11) is 0. The molecule has 1 aliphatic rings. The van der Waals surface area contributed by atoms with Crippen LogP contribution >= 0.6 is 12.2 Å². The van der Waals surface area contributed by atoms with Crippen LogP contribution in [0.4, 0.5) is 0 Å². The molecule has 1 saturated heterocycles. The van der Waals surface area contributed by atoms with Gasteiger partial charge in [-0.15, -0.1) is 0 Å². The number of ether oxygens (including phenoxy) is 1. The summed E-state index contributed by atoms with van der Waals surface area (Å²) in [6, 6.07) is 15.9. The van der Waals surface area contributed by atoms with Crippen molar-refractivity contribution in [2.45, 2.75) is 20.5 Å². The average Bonchev–Trinajstić information content (AvgIpc) is 2.87. The Kier molecular flexibility index (Phi) is 5.14. The highest BCUT2D eigenvalue weighted by molar-refractivity contribution is 7.80. The maximum Gasteiger partial charge on any atom is 0.276 e. The van der Waals surface area contributed by atoms with E-state index in [2.05, 4.69) is 24.4 Å². The molecule has 0 atom stereocenters. The molecule has 1 N–H and O–H groups in total. The van der Waals surface area contributed by atoms with Gasteiger partial charge in [0.2, 0.25) is 0 Å². The normalized spacial score (nSPS) is 15.6. The Hall–Kier alpha value is -2.66. The van der Waals surface area contributed by atoms with E-state index in [0.717, 1.165) is 16.9 Å². The van der Waals surface area contributed by atoms with Gasteiger partial charge in [0.05, 0.1) is 0 Å². The van der Waals surface area contributed by atoms with Crippen molar-refractivity contribution in [3.63, 3.8) is 0 Å². The smallest absolute Gasteiger partial charge is 0.276 e. The van der Waals surface area contributed by atoms with E-state index in [0.29, 0.717) is 24.0 Å². The zero-order valence-corrected chi connectivity index (χ0v) is 15.1. The minimum absolute atomic E-state index is 0.110. The predicted molar refractivity (Wildman–Crippen MR) is 103 cm³/mol. The number of aryl methyl sites for hydroxylation is 1. The molecule has 1 heterocycles. The quantitative estimate of drug-likeness (QED) is 0.659. The number of rotatable bonds is 5. The zero-order valence-electron chi connectivity index (χ0n) is 14.3. The first-order valence-electron chi connectivity index (χ1n) is 8.20. The fourth-order valence-electron chi connectivity index (χ4n) is 2.71. The highest BCUT2D eigenvalue weighted by atomic mass is 32.1. The van der Waals surface area contributed by atoms with E-state index in [4.69, 9.17) is 17.0 Å².